The van der Waals surface area contributed by atoms with Crippen molar-refractivity contribution in [1.29, 1.82) is 0 Å². The van der Waals surface area contributed by atoms with Crippen LogP contribution in [0.25, 0.3) is 0 Å². The molecule has 4 heterocycles. The van der Waals surface area contributed by atoms with Crippen LogP contribution >= 0.6 is 46.5 Å². The molecule has 1 saturated heterocycles. The summed E-state index contributed by atoms with van der Waals surface area (Å²) in [4.78, 5) is 70.7. The minimum Gasteiger partial charge on any atom is -0.477 e. The van der Waals surface area contributed by atoms with Gasteiger partial charge in [-0.15, -0.1) is 4.91 Å². The number of nitrogens with zero attached hydrogens (tertiary/aromatic N) is 4. The van der Waals surface area contributed by atoms with Crippen LogP contribution in [0, 0.1) is 4.91 Å². The SMILES string of the molecule is Nc1nc(C(N=O)C(=O)N[C@@H]2C(=O)N3C(C(=O)O)=C(Sc4cccnc4CSCCNC(=O)C(F)(F)F)CCC23)c(Cl)s1. The molecule has 230 valence electrons. The number of alkyl halides is 3. The summed E-state index contributed by atoms with van der Waals surface area (Å²) in [6.07, 6.45) is -2.92. The summed E-state index contributed by atoms with van der Waals surface area (Å²) in [7, 11) is 0. The van der Waals surface area contributed by atoms with E-state index in [0.717, 1.165) is 28.0 Å². The highest BCUT2D eigenvalue weighted by Crippen LogP contribution is 2.44. The Hall–Kier alpha value is -3.42. The summed E-state index contributed by atoms with van der Waals surface area (Å²) < 4.78 is 37.0. The Kier molecular flexibility index (Phi) is 10.2. The van der Waals surface area contributed by atoms with Gasteiger partial charge < -0.3 is 21.5 Å². The van der Waals surface area contributed by atoms with E-state index in [4.69, 9.17) is 17.3 Å². The van der Waals surface area contributed by atoms with E-state index in [2.05, 4.69) is 20.5 Å². The lowest BCUT2D eigenvalue weighted by Gasteiger charge is -2.50. The molecule has 2 unspecified atom stereocenters. The molecule has 0 radical (unpaired) electrons. The molecule has 3 atom stereocenters. The van der Waals surface area contributed by atoms with Gasteiger partial charge in [-0.2, -0.15) is 24.9 Å². The monoisotopic (exact) mass is 679 g/mol. The predicted octanol–water partition coefficient (Wildman–Crippen LogP) is 3.07. The fourth-order valence-corrected chi connectivity index (χ4v) is 7.38. The third-order valence-electron chi connectivity index (χ3n) is 6.24. The molecule has 0 saturated carbocycles. The molecule has 0 bridgehead atoms. The van der Waals surface area contributed by atoms with Crippen molar-refractivity contribution in [3.05, 3.63) is 49.6 Å². The van der Waals surface area contributed by atoms with Gasteiger partial charge in [0.2, 0.25) is 6.04 Å². The molecule has 20 heteroatoms. The number of amides is 3. The molecular formula is C23H21ClF3N7O6S3. The van der Waals surface area contributed by atoms with Crippen LogP contribution in [0.3, 0.4) is 0 Å². The average Bonchev–Trinajstić information content (AvgIpc) is 3.28. The third kappa shape index (κ3) is 7.22. The number of hydrogen-bond acceptors (Lipinski definition) is 12. The number of carbonyl (C=O) groups excluding carboxylic acids is 3. The Morgan fingerprint density at radius 1 is 1.35 bits per heavy atom. The maximum Gasteiger partial charge on any atom is 0.471 e. The fourth-order valence-electron chi connectivity index (χ4n) is 4.34. The van der Waals surface area contributed by atoms with Gasteiger partial charge in [0.05, 0.1) is 11.7 Å². The number of carboxylic acid groups (broad SMARTS) is 1. The first-order valence-electron chi connectivity index (χ1n) is 12.2. The summed E-state index contributed by atoms with van der Waals surface area (Å²) >= 11 is 9.16. The van der Waals surface area contributed by atoms with Crippen molar-refractivity contribution >= 4 is 75.3 Å². The van der Waals surface area contributed by atoms with Crippen LogP contribution in [0.2, 0.25) is 4.34 Å². The Morgan fingerprint density at radius 2 is 2.09 bits per heavy atom. The maximum absolute atomic E-state index is 13.1. The second kappa shape index (κ2) is 13.5. The molecule has 5 N–H and O–H groups in total. The van der Waals surface area contributed by atoms with Crippen molar-refractivity contribution in [3.8, 4) is 0 Å². The average molecular weight is 680 g/mol. The lowest BCUT2D eigenvalue weighted by Crippen LogP contribution is -2.71. The highest BCUT2D eigenvalue weighted by Gasteiger charge is 2.54. The largest absolute Gasteiger partial charge is 0.477 e. The molecule has 3 amide bonds. The van der Waals surface area contributed by atoms with Gasteiger partial charge in [-0.3, -0.25) is 24.3 Å². The first-order valence-corrected chi connectivity index (χ1v) is 15.4. The van der Waals surface area contributed by atoms with E-state index in [1.54, 1.807) is 17.4 Å². The number of nitroso groups, excluding NO2 is 1. The van der Waals surface area contributed by atoms with E-state index in [0.29, 0.717) is 21.9 Å². The van der Waals surface area contributed by atoms with Crippen molar-refractivity contribution in [2.45, 2.75) is 47.8 Å². The molecule has 0 spiro atoms. The number of carboxylic acids is 1. The Morgan fingerprint density at radius 3 is 2.72 bits per heavy atom. The van der Waals surface area contributed by atoms with Crippen LogP contribution < -0.4 is 16.4 Å². The molecule has 43 heavy (non-hydrogen) atoms. The molecule has 2 aliphatic rings. The number of allylic oxidation sites excluding steroid dienone is 1. The highest BCUT2D eigenvalue weighted by atomic mass is 35.5. The van der Waals surface area contributed by atoms with Gasteiger partial charge in [-0.25, -0.2) is 9.78 Å². The van der Waals surface area contributed by atoms with Crippen molar-refractivity contribution < 1.29 is 37.5 Å². The molecule has 2 aromatic heterocycles. The second-order valence-electron chi connectivity index (χ2n) is 8.95. The number of aromatic nitrogens is 2. The number of thiazole rings is 1. The Bertz CT molecular complexity index is 1490. The molecule has 2 aliphatic heterocycles. The molecule has 0 aliphatic carbocycles. The maximum atomic E-state index is 13.1. The summed E-state index contributed by atoms with van der Waals surface area (Å²) in [5, 5.41) is 17.0. The standard InChI is InChI=1S/C23H21ClF3N7O6S3/c24-17-14(32-22(28)43-17)15(33-40)18(35)31-13-10-3-4-12(16(20(37)38)34(10)19(13)36)42-11-2-1-5-29-9(11)8-41-7-6-30-21(39)23(25,26)27/h1-2,5,10,13,15H,3-4,6-8H2,(H2,28,32)(H,30,39)(H,31,35)(H,37,38)/t10?,13-,15?/m0/s1. The normalized spacial score (nSPS) is 18.9. The number of pyridine rings is 1. The zero-order valence-corrected chi connectivity index (χ0v) is 24.8. The second-order valence-corrected chi connectivity index (χ2v) is 12.8. The smallest absolute Gasteiger partial charge is 0.471 e. The van der Waals surface area contributed by atoms with E-state index < -0.39 is 48.0 Å². The first kappa shape index (κ1) is 32.5. The number of fused-ring (bicyclic) bond motifs is 1. The zero-order chi connectivity index (χ0) is 31.5. The molecule has 0 aromatic carbocycles. The van der Waals surface area contributed by atoms with E-state index >= 15 is 0 Å². The molecule has 2 aromatic rings. The zero-order valence-electron chi connectivity index (χ0n) is 21.6. The highest BCUT2D eigenvalue weighted by molar-refractivity contribution is 8.03. The van der Waals surface area contributed by atoms with Crippen LogP contribution in [0.5, 0.6) is 0 Å². The molecule has 13 nitrogen and oxygen atoms in total. The summed E-state index contributed by atoms with van der Waals surface area (Å²) in [6, 6.07) is -0.120. The topological polar surface area (TPSA) is 197 Å². The molecular weight excluding hydrogens is 659 g/mol. The van der Waals surface area contributed by atoms with Gasteiger partial charge in [0.1, 0.15) is 21.8 Å². The lowest BCUT2D eigenvalue weighted by molar-refractivity contribution is -0.173. The number of β-lactam (4-membered cyclic amide) rings is 1. The minimum atomic E-state index is -4.96. The van der Waals surface area contributed by atoms with Crippen LogP contribution in [-0.4, -0.2) is 74.2 Å². The van der Waals surface area contributed by atoms with Gasteiger partial charge >= 0.3 is 18.1 Å². The van der Waals surface area contributed by atoms with E-state index in [-0.39, 0.29) is 45.3 Å². The van der Waals surface area contributed by atoms with Crippen molar-refractivity contribution in [2.24, 2.45) is 5.18 Å². The number of thioether (sulfide) groups is 2. The van der Waals surface area contributed by atoms with Crippen LogP contribution in [0.4, 0.5) is 18.3 Å². The van der Waals surface area contributed by atoms with Crippen LogP contribution in [0.1, 0.15) is 30.3 Å². The summed E-state index contributed by atoms with van der Waals surface area (Å²) in [6.45, 7) is -0.211. The Labute approximate surface area is 258 Å². The third-order valence-corrected chi connectivity index (χ3v) is 9.56. The van der Waals surface area contributed by atoms with E-state index in [1.165, 1.54) is 18.0 Å². The van der Waals surface area contributed by atoms with Crippen LogP contribution in [0.15, 0.2) is 39.0 Å². The Balaban J connectivity index is 1.42. The van der Waals surface area contributed by atoms with Gasteiger partial charge in [0.15, 0.2) is 5.13 Å². The van der Waals surface area contributed by atoms with Crippen LogP contribution in [-0.2, 0) is 24.9 Å². The summed E-state index contributed by atoms with van der Waals surface area (Å²) in [5.41, 5.74) is 5.70. The van der Waals surface area contributed by atoms with Gasteiger partial charge in [0, 0.05) is 34.0 Å². The molecule has 1 fully saturated rings. The minimum absolute atomic E-state index is 0.00404. The number of hydrogen-bond donors (Lipinski definition) is 4. The number of rotatable bonds is 12. The van der Waals surface area contributed by atoms with Gasteiger partial charge in [-0.1, -0.05) is 34.7 Å². The number of carbonyl (C=O) groups is 4. The number of nitrogen functional groups attached to an aromatic ring is 1. The number of halogens is 4. The van der Waals surface area contributed by atoms with Gasteiger partial charge in [0.25, 0.3) is 11.8 Å². The van der Waals surface area contributed by atoms with Gasteiger partial charge in [-0.05, 0) is 30.2 Å². The number of aliphatic carboxylic acids is 1. The van der Waals surface area contributed by atoms with Crippen molar-refractivity contribution in [1.82, 2.24) is 25.5 Å². The number of anilines is 1. The number of nitrogens with two attached hydrogens (primary N) is 1. The van der Waals surface area contributed by atoms with Crippen molar-refractivity contribution in [3.63, 3.8) is 0 Å². The predicted molar refractivity (Wildman–Crippen MR) is 152 cm³/mol. The first-order chi connectivity index (χ1) is 20.3. The quantitative estimate of drug-likeness (QED) is 0.146. The lowest BCUT2D eigenvalue weighted by atomic mass is 9.86. The summed E-state index contributed by atoms with van der Waals surface area (Å²) in [5.74, 6) is -4.57. The molecule has 4 rings (SSSR count). The number of nitrogens with one attached hydrogen (secondary N) is 2. The fraction of sp³-hybridized carbons (Fsp3) is 0.391. The van der Waals surface area contributed by atoms with Crippen molar-refractivity contribution in [2.75, 3.05) is 18.0 Å². The van der Waals surface area contributed by atoms with E-state index in [1.807, 2.05) is 0 Å². The van der Waals surface area contributed by atoms with E-state index in [9.17, 15) is 42.4 Å².